The van der Waals surface area contributed by atoms with E-state index in [2.05, 4.69) is 33.2 Å². The van der Waals surface area contributed by atoms with E-state index in [9.17, 15) is 0 Å². The molecule has 0 atom stereocenters. The molecular formula is C13H16N4S. The highest BCUT2D eigenvalue weighted by Gasteiger charge is 2.27. The molecule has 94 valence electrons. The van der Waals surface area contributed by atoms with Crippen molar-refractivity contribution in [3.8, 4) is 0 Å². The zero-order chi connectivity index (χ0) is 12.4. The zero-order valence-electron chi connectivity index (χ0n) is 10.4. The Bertz CT molecular complexity index is 507. The molecule has 2 heterocycles. The van der Waals surface area contributed by atoms with E-state index in [1.807, 2.05) is 18.3 Å². The third-order valence-corrected chi connectivity index (χ3v) is 4.31. The topological polar surface area (TPSA) is 41.9 Å². The number of hydrogen-bond acceptors (Lipinski definition) is 5. The van der Waals surface area contributed by atoms with Gasteiger partial charge < -0.3 is 4.90 Å². The highest BCUT2D eigenvalue weighted by molar-refractivity contribution is 7.15. The molecule has 0 unspecified atom stereocenters. The van der Waals surface area contributed by atoms with Crippen molar-refractivity contribution in [2.45, 2.75) is 25.2 Å². The smallest absolute Gasteiger partial charge is 0.208 e. The monoisotopic (exact) mass is 260 g/mol. The van der Waals surface area contributed by atoms with E-state index in [-0.39, 0.29) is 0 Å². The maximum Gasteiger partial charge on any atom is 0.208 e. The van der Waals surface area contributed by atoms with Crippen LogP contribution in [-0.2, 0) is 6.42 Å². The fourth-order valence-corrected chi connectivity index (χ4v) is 2.80. The lowest BCUT2D eigenvalue weighted by atomic mass is 10.2. The number of pyridine rings is 1. The summed E-state index contributed by atoms with van der Waals surface area (Å²) in [7, 11) is 2.07. The zero-order valence-corrected chi connectivity index (χ0v) is 11.2. The lowest BCUT2D eigenvalue weighted by molar-refractivity contribution is 0.836. The summed E-state index contributed by atoms with van der Waals surface area (Å²) >= 11 is 1.73. The summed E-state index contributed by atoms with van der Waals surface area (Å²) in [5.41, 5.74) is 1.12. The molecule has 1 aliphatic carbocycles. The van der Waals surface area contributed by atoms with E-state index < -0.39 is 0 Å². The van der Waals surface area contributed by atoms with Gasteiger partial charge in [0.1, 0.15) is 5.01 Å². The highest BCUT2D eigenvalue weighted by atomic mass is 32.1. The Hall–Kier alpha value is -1.49. The Morgan fingerprint density at radius 1 is 1.33 bits per heavy atom. The van der Waals surface area contributed by atoms with Crippen molar-refractivity contribution in [3.05, 3.63) is 35.1 Å². The van der Waals surface area contributed by atoms with Crippen molar-refractivity contribution < 1.29 is 0 Å². The third kappa shape index (κ3) is 2.67. The summed E-state index contributed by atoms with van der Waals surface area (Å²) in [4.78, 5) is 6.49. The number of aromatic nitrogens is 3. The van der Waals surface area contributed by atoms with Crippen molar-refractivity contribution in [3.63, 3.8) is 0 Å². The van der Waals surface area contributed by atoms with Crippen LogP contribution in [-0.4, -0.2) is 28.8 Å². The molecule has 0 aromatic carbocycles. The van der Waals surface area contributed by atoms with Crippen LogP contribution in [0.3, 0.4) is 0 Å². The van der Waals surface area contributed by atoms with Crippen molar-refractivity contribution in [1.29, 1.82) is 0 Å². The second kappa shape index (κ2) is 5.02. The normalized spacial score (nSPS) is 14.7. The maximum atomic E-state index is 4.33. The van der Waals surface area contributed by atoms with E-state index in [1.165, 1.54) is 17.8 Å². The van der Waals surface area contributed by atoms with Crippen LogP contribution in [0.1, 0.15) is 29.5 Å². The lowest BCUT2D eigenvalue weighted by Crippen LogP contribution is -2.20. The Morgan fingerprint density at radius 2 is 2.22 bits per heavy atom. The minimum absolute atomic E-state index is 0.695. The van der Waals surface area contributed by atoms with E-state index in [0.29, 0.717) is 5.92 Å². The molecule has 0 saturated heterocycles. The first-order chi connectivity index (χ1) is 8.83. The number of nitrogens with zero attached hydrogens (tertiary/aromatic N) is 4. The van der Waals surface area contributed by atoms with Crippen LogP contribution >= 0.6 is 11.3 Å². The molecule has 0 amide bonds. The van der Waals surface area contributed by atoms with Crippen molar-refractivity contribution in [1.82, 2.24) is 15.2 Å². The van der Waals surface area contributed by atoms with Crippen molar-refractivity contribution >= 4 is 16.5 Å². The van der Waals surface area contributed by atoms with Gasteiger partial charge in [0.05, 0.1) is 0 Å². The van der Waals surface area contributed by atoms with Gasteiger partial charge in [0, 0.05) is 37.8 Å². The first kappa shape index (κ1) is 11.6. The van der Waals surface area contributed by atoms with E-state index in [0.717, 1.165) is 23.8 Å². The molecular weight excluding hydrogens is 244 g/mol. The summed E-state index contributed by atoms with van der Waals surface area (Å²) in [6, 6.07) is 6.03. The largest absolute Gasteiger partial charge is 0.349 e. The van der Waals surface area contributed by atoms with Crippen molar-refractivity contribution in [2.24, 2.45) is 0 Å². The van der Waals surface area contributed by atoms with E-state index in [1.54, 1.807) is 11.3 Å². The molecule has 0 bridgehead atoms. The second-order valence-corrected chi connectivity index (χ2v) is 5.68. The molecule has 0 aliphatic heterocycles. The van der Waals surface area contributed by atoms with Crippen LogP contribution in [0, 0.1) is 0 Å². The molecule has 2 aromatic rings. The second-order valence-electron chi connectivity index (χ2n) is 4.69. The summed E-state index contributed by atoms with van der Waals surface area (Å²) in [6.07, 6.45) is 5.35. The molecule has 1 aliphatic rings. The molecule has 0 spiro atoms. The minimum Gasteiger partial charge on any atom is -0.349 e. The van der Waals surface area contributed by atoms with Crippen molar-refractivity contribution in [2.75, 3.05) is 18.5 Å². The minimum atomic E-state index is 0.695. The van der Waals surface area contributed by atoms with Gasteiger partial charge in [0.25, 0.3) is 0 Å². The molecule has 1 fully saturated rings. The van der Waals surface area contributed by atoms with Crippen LogP contribution in [0.4, 0.5) is 5.13 Å². The van der Waals surface area contributed by atoms with E-state index in [4.69, 9.17) is 0 Å². The quantitative estimate of drug-likeness (QED) is 0.828. The predicted octanol–water partition coefficient (Wildman–Crippen LogP) is 2.49. The molecule has 2 aromatic heterocycles. The number of rotatable bonds is 5. The fraction of sp³-hybridized carbons (Fsp3) is 0.462. The molecule has 18 heavy (non-hydrogen) atoms. The van der Waals surface area contributed by atoms with Gasteiger partial charge in [0.15, 0.2) is 0 Å². The van der Waals surface area contributed by atoms with Gasteiger partial charge in [-0.15, -0.1) is 10.2 Å². The molecule has 5 heteroatoms. The number of likely N-dealkylation sites (N-methyl/N-ethyl adjacent to an activating group) is 1. The van der Waals surface area contributed by atoms with Gasteiger partial charge in [-0.25, -0.2) is 0 Å². The van der Waals surface area contributed by atoms with Gasteiger partial charge >= 0.3 is 0 Å². The van der Waals surface area contributed by atoms with Crippen LogP contribution in [0.2, 0.25) is 0 Å². The van der Waals surface area contributed by atoms with Crippen LogP contribution < -0.4 is 4.90 Å². The van der Waals surface area contributed by atoms with Crippen LogP contribution in [0.15, 0.2) is 24.4 Å². The Morgan fingerprint density at radius 3 is 2.94 bits per heavy atom. The van der Waals surface area contributed by atoms with Crippen LogP contribution in [0.25, 0.3) is 0 Å². The van der Waals surface area contributed by atoms with Crippen LogP contribution in [0.5, 0.6) is 0 Å². The first-order valence-electron chi connectivity index (χ1n) is 6.27. The standard InChI is InChI=1S/C13H16N4S/c1-17(9-7-11-4-2-3-8-14-11)13-16-15-12(18-13)10-5-6-10/h2-4,8,10H,5-7,9H2,1H3. The van der Waals surface area contributed by atoms with Gasteiger partial charge in [-0.3, -0.25) is 4.98 Å². The summed E-state index contributed by atoms with van der Waals surface area (Å²) in [5, 5.41) is 10.8. The Balaban J connectivity index is 1.58. The van der Waals surface area contributed by atoms with Gasteiger partial charge in [-0.2, -0.15) is 0 Å². The lowest BCUT2D eigenvalue weighted by Gasteiger charge is -2.14. The molecule has 0 radical (unpaired) electrons. The molecule has 4 nitrogen and oxygen atoms in total. The maximum absolute atomic E-state index is 4.33. The SMILES string of the molecule is CN(CCc1ccccn1)c1nnc(C2CC2)s1. The average molecular weight is 260 g/mol. The highest BCUT2D eigenvalue weighted by Crippen LogP contribution is 2.42. The average Bonchev–Trinajstić information content (AvgIpc) is 3.15. The molecule has 1 saturated carbocycles. The number of anilines is 1. The first-order valence-corrected chi connectivity index (χ1v) is 7.09. The molecule has 0 N–H and O–H groups in total. The Kier molecular flexibility index (Phi) is 3.23. The van der Waals surface area contributed by atoms with Gasteiger partial charge in [-0.05, 0) is 25.0 Å². The third-order valence-electron chi connectivity index (χ3n) is 3.11. The summed E-state index contributed by atoms with van der Waals surface area (Å²) < 4.78 is 0. The fourth-order valence-electron chi connectivity index (χ4n) is 1.80. The van der Waals surface area contributed by atoms with Gasteiger partial charge in [0.2, 0.25) is 5.13 Å². The summed E-state index contributed by atoms with van der Waals surface area (Å²) in [5.74, 6) is 0.695. The van der Waals surface area contributed by atoms with E-state index >= 15 is 0 Å². The van der Waals surface area contributed by atoms with Gasteiger partial charge in [-0.1, -0.05) is 17.4 Å². The number of hydrogen-bond donors (Lipinski definition) is 0. The Labute approximate surface area is 111 Å². The molecule has 3 rings (SSSR count). The predicted molar refractivity (Wildman–Crippen MR) is 73.1 cm³/mol. The summed E-state index contributed by atoms with van der Waals surface area (Å²) in [6.45, 7) is 0.927.